The van der Waals surface area contributed by atoms with Crippen molar-refractivity contribution in [2.24, 2.45) is 0 Å². The van der Waals surface area contributed by atoms with Gasteiger partial charge in [-0.25, -0.2) is 9.67 Å². The molecule has 1 aromatic carbocycles. The van der Waals surface area contributed by atoms with Gasteiger partial charge >= 0.3 is 12.4 Å². The largest absolute Gasteiger partial charge is 0.453 e. The van der Waals surface area contributed by atoms with Crippen molar-refractivity contribution in [1.82, 2.24) is 24.4 Å². The van der Waals surface area contributed by atoms with E-state index in [2.05, 4.69) is 15.2 Å². The van der Waals surface area contributed by atoms with Gasteiger partial charge in [-0.15, -0.1) is 5.10 Å². The lowest BCUT2D eigenvalue weighted by Gasteiger charge is -2.15. The van der Waals surface area contributed by atoms with Crippen molar-refractivity contribution in [3.05, 3.63) is 51.9 Å². The number of hydrogen-bond acceptors (Lipinski definition) is 3. The minimum atomic E-state index is -4.99. The molecule has 28 heavy (non-hydrogen) atoms. The highest BCUT2D eigenvalue weighted by molar-refractivity contribution is 6.35. The van der Waals surface area contributed by atoms with E-state index in [4.69, 9.17) is 23.2 Å². The van der Waals surface area contributed by atoms with Crippen LogP contribution >= 0.6 is 23.2 Å². The van der Waals surface area contributed by atoms with Crippen LogP contribution in [0.4, 0.5) is 26.3 Å². The van der Waals surface area contributed by atoms with E-state index >= 15 is 0 Å². The summed E-state index contributed by atoms with van der Waals surface area (Å²) in [5.74, 6) is -2.46. The highest BCUT2D eigenvalue weighted by Gasteiger charge is 2.41. The monoisotopic (exact) mass is 439 g/mol. The van der Waals surface area contributed by atoms with Gasteiger partial charge in [0.1, 0.15) is 5.56 Å². The lowest BCUT2D eigenvalue weighted by atomic mass is 10.2. The zero-order valence-corrected chi connectivity index (χ0v) is 14.7. The van der Waals surface area contributed by atoms with Crippen molar-refractivity contribution in [2.45, 2.75) is 12.4 Å². The van der Waals surface area contributed by atoms with Gasteiger partial charge < -0.3 is 0 Å². The Kier molecular flexibility index (Phi) is 4.02. The van der Waals surface area contributed by atoms with E-state index in [1.54, 1.807) is 6.07 Å². The zero-order valence-electron chi connectivity index (χ0n) is 13.1. The average Bonchev–Trinajstić information content (AvgIpc) is 3.19. The number of alkyl halides is 6. The number of nitrogens with zero attached hydrogens (tertiary/aromatic N) is 5. The van der Waals surface area contributed by atoms with Gasteiger partial charge in [0.05, 0.1) is 21.8 Å². The normalized spacial score (nSPS) is 13.0. The molecule has 0 aliphatic heterocycles. The number of halogens is 8. The van der Waals surface area contributed by atoms with E-state index in [9.17, 15) is 26.3 Å². The van der Waals surface area contributed by atoms with Gasteiger partial charge in [0.2, 0.25) is 0 Å². The molecule has 0 radical (unpaired) electrons. The maximum atomic E-state index is 13.7. The molecule has 0 bridgehead atoms. The molecule has 146 valence electrons. The Labute approximate surface area is 161 Å². The molecule has 13 heteroatoms. The molecule has 0 atom stereocenters. The summed E-state index contributed by atoms with van der Waals surface area (Å²) >= 11 is 11.9. The summed E-state index contributed by atoms with van der Waals surface area (Å²) in [4.78, 5) is 3.23. The van der Waals surface area contributed by atoms with Crippen LogP contribution in [0, 0.1) is 0 Å². The van der Waals surface area contributed by atoms with Crippen molar-refractivity contribution >= 4 is 39.8 Å². The standard InChI is InChI=1S/C15H5Cl2F6N5/c16-8-3-1-2-6-5-24-27(10(6)8)12-7(14(18,19)20)4-9(17)11-25-13(15(21,22)23)26-28(11)12/h1-5H. The molecule has 4 rings (SSSR count). The maximum Gasteiger partial charge on any atom is 0.453 e. The highest BCUT2D eigenvalue weighted by atomic mass is 35.5. The average molecular weight is 440 g/mol. The predicted molar refractivity (Wildman–Crippen MR) is 87.6 cm³/mol. The minimum Gasteiger partial charge on any atom is -0.212 e. The number of rotatable bonds is 1. The van der Waals surface area contributed by atoms with Gasteiger partial charge in [-0.1, -0.05) is 35.3 Å². The van der Waals surface area contributed by atoms with Crippen LogP contribution in [0.5, 0.6) is 0 Å². The molecule has 0 aliphatic rings. The van der Waals surface area contributed by atoms with Crippen molar-refractivity contribution in [1.29, 1.82) is 0 Å². The second-order valence-corrected chi connectivity index (χ2v) is 6.44. The molecule has 0 fully saturated rings. The van der Waals surface area contributed by atoms with E-state index < -0.39 is 40.2 Å². The first-order valence-corrected chi connectivity index (χ1v) is 8.10. The first kappa shape index (κ1) is 18.8. The van der Waals surface area contributed by atoms with Crippen molar-refractivity contribution in [2.75, 3.05) is 0 Å². The van der Waals surface area contributed by atoms with Crippen LogP contribution in [-0.4, -0.2) is 24.4 Å². The third kappa shape index (κ3) is 2.85. The molecule has 3 heterocycles. The summed E-state index contributed by atoms with van der Waals surface area (Å²) in [6.45, 7) is 0. The highest BCUT2D eigenvalue weighted by Crippen LogP contribution is 2.39. The van der Waals surface area contributed by atoms with Crippen molar-refractivity contribution < 1.29 is 26.3 Å². The first-order chi connectivity index (χ1) is 13.0. The summed E-state index contributed by atoms with van der Waals surface area (Å²) < 4.78 is 81.3. The summed E-state index contributed by atoms with van der Waals surface area (Å²) in [5.41, 5.74) is -1.90. The van der Waals surface area contributed by atoms with E-state index in [0.29, 0.717) is 16.0 Å². The fraction of sp³-hybridized carbons (Fsp3) is 0.133. The molecular formula is C15H5Cl2F6N5. The summed E-state index contributed by atoms with van der Waals surface area (Å²) in [6.07, 6.45) is -8.74. The van der Waals surface area contributed by atoms with E-state index in [-0.39, 0.29) is 10.5 Å². The molecule has 0 aliphatic carbocycles. The quantitative estimate of drug-likeness (QED) is 0.372. The number of fused-ring (bicyclic) bond motifs is 2. The second-order valence-electron chi connectivity index (χ2n) is 5.63. The lowest BCUT2D eigenvalue weighted by molar-refractivity contribution is -0.144. The molecule has 4 aromatic rings. The zero-order chi connectivity index (χ0) is 20.4. The number of benzene rings is 1. The van der Waals surface area contributed by atoms with Crippen LogP contribution in [0.25, 0.3) is 22.4 Å². The minimum absolute atomic E-state index is 0.0439. The number of para-hydroxylation sites is 1. The van der Waals surface area contributed by atoms with Crippen LogP contribution in [-0.2, 0) is 12.4 Å². The van der Waals surface area contributed by atoms with Crippen LogP contribution in [0.15, 0.2) is 30.5 Å². The van der Waals surface area contributed by atoms with Crippen LogP contribution < -0.4 is 0 Å². The van der Waals surface area contributed by atoms with E-state index in [0.717, 1.165) is 4.68 Å². The Balaban J connectivity index is 2.19. The van der Waals surface area contributed by atoms with Gasteiger partial charge in [-0.3, -0.25) is 0 Å². The fourth-order valence-electron chi connectivity index (χ4n) is 2.71. The number of hydrogen-bond donors (Lipinski definition) is 0. The van der Waals surface area contributed by atoms with Gasteiger partial charge in [0.25, 0.3) is 5.82 Å². The molecule has 0 spiro atoms. The second kappa shape index (κ2) is 5.98. The van der Waals surface area contributed by atoms with E-state index in [1.807, 2.05) is 0 Å². The Morgan fingerprint density at radius 3 is 2.29 bits per heavy atom. The molecule has 5 nitrogen and oxygen atoms in total. The topological polar surface area (TPSA) is 48.0 Å². The lowest BCUT2D eigenvalue weighted by Crippen LogP contribution is -2.17. The van der Waals surface area contributed by atoms with Gasteiger partial charge in [-0.2, -0.15) is 36.0 Å². The van der Waals surface area contributed by atoms with Gasteiger partial charge in [0.15, 0.2) is 11.5 Å². The fourth-order valence-corrected chi connectivity index (χ4v) is 3.21. The number of aromatic nitrogens is 5. The first-order valence-electron chi connectivity index (χ1n) is 7.35. The third-order valence-electron chi connectivity index (χ3n) is 3.84. The predicted octanol–water partition coefficient (Wildman–Crippen LogP) is 5.41. The summed E-state index contributed by atoms with van der Waals surface area (Å²) in [5, 5.41) is 6.84. The molecule has 0 saturated heterocycles. The maximum absolute atomic E-state index is 13.7. The van der Waals surface area contributed by atoms with Gasteiger partial charge in [-0.05, 0) is 12.1 Å². The third-order valence-corrected chi connectivity index (χ3v) is 4.42. The molecule has 0 unspecified atom stereocenters. The SMILES string of the molecule is FC(F)(F)c1nc2c(Cl)cc(C(F)(F)F)c(-n3ncc4cccc(Cl)c43)n2n1. The molecule has 0 N–H and O–H groups in total. The van der Waals surface area contributed by atoms with E-state index in [1.165, 1.54) is 18.3 Å². The Hall–Kier alpha value is -2.53. The Bertz CT molecular complexity index is 1220. The smallest absolute Gasteiger partial charge is 0.212 e. The van der Waals surface area contributed by atoms with Crippen LogP contribution in [0.2, 0.25) is 10.0 Å². The summed E-state index contributed by atoms with van der Waals surface area (Å²) in [7, 11) is 0. The van der Waals surface area contributed by atoms with Gasteiger partial charge in [0, 0.05) is 5.39 Å². The molecule has 0 saturated carbocycles. The Morgan fingerprint density at radius 1 is 0.929 bits per heavy atom. The number of pyridine rings is 1. The Morgan fingerprint density at radius 2 is 1.64 bits per heavy atom. The molecular weight excluding hydrogens is 435 g/mol. The van der Waals surface area contributed by atoms with Crippen LogP contribution in [0.1, 0.15) is 11.4 Å². The molecule has 0 amide bonds. The van der Waals surface area contributed by atoms with Crippen molar-refractivity contribution in [3.8, 4) is 5.82 Å². The van der Waals surface area contributed by atoms with Crippen molar-refractivity contribution in [3.63, 3.8) is 0 Å². The van der Waals surface area contributed by atoms with Crippen LogP contribution in [0.3, 0.4) is 0 Å². The summed E-state index contributed by atoms with van der Waals surface area (Å²) in [6, 6.07) is 4.97. The molecule has 3 aromatic heterocycles.